The Morgan fingerprint density at radius 1 is 1.75 bits per heavy atom. The van der Waals surface area contributed by atoms with E-state index in [9.17, 15) is 4.79 Å². The molecule has 0 bridgehead atoms. The molecular weight excluding hydrogens is 454 g/mol. The number of carboxylic acid groups (broad SMARTS) is 1. The van der Waals surface area contributed by atoms with Gasteiger partial charge < -0.3 is 9.84 Å². The number of hydrogen-bond donors (Lipinski definition) is 1. The quantitative estimate of drug-likeness (QED) is 0.398. The first kappa shape index (κ1) is 12.9. The monoisotopic (exact) mass is 460 g/mol. The van der Waals surface area contributed by atoms with Crippen LogP contribution in [0.3, 0.4) is 0 Å². The second-order valence-electron chi connectivity index (χ2n) is 1.94. The topological polar surface area (TPSA) is 46.5 Å². The molecule has 0 saturated carbocycles. The van der Waals surface area contributed by atoms with Gasteiger partial charge >= 0.3 is 6.16 Å². The fraction of sp³-hybridized carbons (Fsp3) is 0.500. The minimum atomic E-state index is -1.25. The molecule has 12 heavy (non-hydrogen) atoms. The Kier molecular flexibility index (Phi) is 6.92. The lowest BCUT2D eigenvalue weighted by molar-refractivity contribution is 0.0752. The Labute approximate surface area is 106 Å². The average molecular weight is 461 g/mol. The van der Waals surface area contributed by atoms with Gasteiger partial charge in [-0.25, -0.2) is 4.79 Å². The molecule has 70 valence electrons. The van der Waals surface area contributed by atoms with Gasteiger partial charge in [-0.2, -0.15) is 0 Å². The average Bonchev–Trinajstić information content (AvgIpc) is 1.84. The molecule has 0 spiro atoms. The highest BCUT2D eigenvalue weighted by molar-refractivity contribution is 14.1. The highest BCUT2D eigenvalue weighted by Crippen LogP contribution is 2.25. The Morgan fingerprint density at radius 2 is 2.25 bits per heavy atom. The zero-order valence-electron chi connectivity index (χ0n) is 6.13. The highest BCUT2D eigenvalue weighted by atomic mass is 127. The zero-order valence-corrected chi connectivity index (χ0v) is 12.0. The van der Waals surface area contributed by atoms with Gasteiger partial charge in [0.15, 0.2) is 0 Å². The van der Waals surface area contributed by atoms with Crippen molar-refractivity contribution in [1.82, 2.24) is 0 Å². The fourth-order valence-corrected chi connectivity index (χ4v) is 1.36. The first-order valence-corrected chi connectivity index (χ1v) is 6.22. The van der Waals surface area contributed by atoms with E-state index in [1.807, 2.05) is 0 Å². The molecule has 0 amide bonds. The molecule has 2 atom stereocenters. The highest BCUT2D eigenvalue weighted by Gasteiger charge is 2.08. The van der Waals surface area contributed by atoms with Crippen molar-refractivity contribution in [1.29, 1.82) is 0 Å². The molecule has 0 fully saturated rings. The second kappa shape index (κ2) is 6.41. The van der Waals surface area contributed by atoms with Gasteiger partial charge in [0.1, 0.15) is 6.10 Å². The normalized spacial score (nSPS) is 16.8. The maximum Gasteiger partial charge on any atom is 0.506 e. The number of ether oxygens (including phenoxy) is 1. The lowest BCUT2D eigenvalue weighted by Gasteiger charge is -2.07. The molecule has 0 aliphatic heterocycles. The van der Waals surface area contributed by atoms with E-state index < -0.39 is 12.3 Å². The van der Waals surface area contributed by atoms with Gasteiger partial charge in [-0.3, -0.25) is 0 Å². The van der Waals surface area contributed by atoms with E-state index in [1.165, 1.54) is 0 Å². The Bertz CT molecular complexity index is 193. The van der Waals surface area contributed by atoms with Crippen molar-refractivity contribution in [2.45, 2.75) is 15.9 Å². The zero-order chi connectivity index (χ0) is 9.72. The van der Waals surface area contributed by atoms with Gasteiger partial charge in [0, 0.05) is 3.58 Å². The van der Waals surface area contributed by atoms with Crippen molar-refractivity contribution < 1.29 is 14.6 Å². The van der Waals surface area contributed by atoms with Crippen LogP contribution in [0.25, 0.3) is 0 Å². The number of carbonyl (C=O) groups is 1. The SMILES string of the molecule is CC(C=C(I)C(Br)I)OC(=O)O. The molecule has 0 rings (SSSR count). The van der Waals surface area contributed by atoms with Gasteiger partial charge in [-0.1, -0.05) is 38.5 Å². The predicted octanol–water partition coefficient (Wildman–Crippen LogP) is 3.54. The summed E-state index contributed by atoms with van der Waals surface area (Å²) in [4.78, 5) is 10.1. The summed E-state index contributed by atoms with van der Waals surface area (Å²) in [5, 5.41) is 8.27. The second-order valence-corrected chi connectivity index (χ2v) is 7.06. The van der Waals surface area contributed by atoms with E-state index in [4.69, 9.17) is 5.11 Å². The number of allylic oxidation sites excluding steroid dienone is 1. The van der Waals surface area contributed by atoms with Gasteiger partial charge in [0.25, 0.3) is 0 Å². The first-order chi connectivity index (χ1) is 5.43. The number of hydrogen-bond acceptors (Lipinski definition) is 2. The Morgan fingerprint density at radius 3 is 2.58 bits per heavy atom. The van der Waals surface area contributed by atoms with Crippen LogP contribution in [0.1, 0.15) is 6.92 Å². The van der Waals surface area contributed by atoms with E-state index in [-0.39, 0.29) is 2.83 Å². The molecule has 0 saturated heterocycles. The van der Waals surface area contributed by atoms with Crippen molar-refractivity contribution in [3.8, 4) is 0 Å². The van der Waals surface area contributed by atoms with Gasteiger partial charge in [-0.15, -0.1) is 0 Å². The summed E-state index contributed by atoms with van der Waals surface area (Å²) < 4.78 is 5.70. The summed E-state index contributed by atoms with van der Waals surface area (Å²) in [7, 11) is 0. The van der Waals surface area contributed by atoms with Crippen LogP contribution in [0, 0.1) is 0 Å². The molecule has 1 N–H and O–H groups in total. The molecule has 0 aliphatic carbocycles. The van der Waals surface area contributed by atoms with Crippen molar-refractivity contribution in [2.24, 2.45) is 0 Å². The molecule has 0 aliphatic rings. The van der Waals surface area contributed by atoms with Crippen molar-refractivity contribution in [2.75, 3.05) is 0 Å². The predicted molar refractivity (Wildman–Crippen MR) is 67.4 cm³/mol. The molecule has 6 heteroatoms. The summed E-state index contributed by atoms with van der Waals surface area (Å²) >= 11 is 7.64. The van der Waals surface area contributed by atoms with E-state index in [0.29, 0.717) is 0 Å². The molecular formula is C6H7BrI2O3. The van der Waals surface area contributed by atoms with Gasteiger partial charge in [0.05, 0.1) is 2.83 Å². The summed E-state index contributed by atoms with van der Waals surface area (Å²) in [6.45, 7) is 1.68. The smallest absolute Gasteiger partial charge is 0.450 e. The summed E-state index contributed by atoms with van der Waals surface area (Å²) in [6, 6.07) is 0. The third kappa shape index (κ3) is 6.46. The molecule has 0 aromatic carbocycles. The van der Waals surface area contributed by atoms with Crippen LogP contribution in [-0.2, 0) is 4.74 Å². The summed E-state index contributed by atoms with van der Waals surface area (Å²) in [5.41, 5.74) is 0. The minimum Gasteiger partial charge on any atom is -0.450 e. The summed E-state index contributed by atoms with van der Waals surface area (Å²) in [5.74, 6) is 0. The van der Waals surface area contributed by atoms with Crippen LogP contribution in [-0.4, -0.2) is 20.2 Å². The maximum absolute atomic E-state index is 10.1. The van der Waals surface area contributed by atoms with Crippen LogP contribution < -0.4 is 0 Å². The number of alkyl halides is 2. The van der Waals surface area contributed by atoms with Crippen LogP contribution >= 0.6 is 61.1 Å². The van der Waals surface area contributed by atoms with Crippen LogP contribution in [0.5, 0.6) is 0 Å². The molecule has 2 unspecified atom stereocenters. The van der Waals surface area contributed by atoms with Crippen LogP contribution in [0.15, 0.2) is 9.66 Å². The minimum absolute atomic E-state index is 0.204. The third-order valence-corrected chi connectivity index (χ3v) is 5.08. The van der Waals surface area contributed by atoms with Crippen molar-refractivity contribution in [3.05, 3.63) is 9.66 Å². The van der Waals surface area contributed by atoms with Crippen LogP contribution in [0.4, 0.5) is 4.79 Å². The molecule has 0 heterocycles. The Hall–Kier alpha value is 0.950. The maximum atomic E-state index is 10.1. The van der Waals surface area contributed by atoms with Crippen molar-refractivity contribution in [3.63, 3.8) is 0 Å². The van der Waals surface area contributed by atoms with E-state index in [2.05, 4.69) is 65.8 Å². The first-order valence-electron chi connectivity index (χ1n) is 2.98. The molecule has 3 nitrogen and oxygen atoms in total. The Balaban J connectivity index is 4.04. The number of halogens is 3. The fourth-order valence-electron chi connectivity index (χ4n) is 0.490. The molecule has 0 aromatic heterocycles. The van der Waals surface area contributed by atoms with Crippen molar-refractivity contribution >= 4 is 67.3 Å². The largest absolute Gasteiger partial charge is 0.506 e. The number of rotatable bonds is 3. The standard InChI is InChI=1S/C6H7BrI2O3/c1-3(12-6(10)11)2-4(8)5(7)9/h2-3,5H,1H3,(H,10,11). The molecule has 0 radical (unpaired) electrons. The van der Waals surface area contributed by atoms with E-state index in [1.54, 1.807) is 13.0 Å². The molecule has 0 aromatic rings. The van der Waals surface area contributed by atoms with E-state index >= 15 is 0 Å². The third-order valence-electron chi connectivity index (χ3n) is 0.889. The summed E-state index contributed by atoms with van der Waals surface area (Å²) in [6.07, 6.45) is 0.104. The lowest BCUT2D eigenvalue weighted by Crippen LogP contribution is -2.10. The van der Waals surface area contributed by atoms with E-state index in [0.717, 1.165) is 3.58 Å². The van der Waals surface area contributed by atoms with Gasteiger partial charge in [0.2, 0.25) is 0 Å². The lowest BCUT2D eigenvalue weighted by atomic mass is 10.4. The van der Waals surface area contributed by atoms with Crippen LogP contribution in [0.2, 0.25) is 0 Å². The van der Waals surface area contributed by atoms with Gasteiger partial charge in [-0.05, 0) is 35.6 Å².